The zero-order valence-corrected chi connectivity index (χ0v) is 15.5. The fourth-order valence-electron chi connectivity index (χ4n) is 1.31. The molecule has 0 unspecified atom stereocenters. The molecule has 1 aromatic carbocycles. The van der Waals surface area contributed by atoms with E-state index in [1.807, 2.05) is 18.2 Å². The fourth-order valence-corrected chi connectivity index (χ4v) is 2.82. The molecule has 0 saturated carbocycles. The minimum Gasteiger partial charge on any atom is -0.412 e. The van der Waals surface area contributed by atoms with Crippen LogP contribution in [-0.4, -0.2) is 13.5 Å². The second kappa shape index (κ2) is 6.42. The van der Waals surface area contributed by atoms with Gasteiger partial charge in [0.1, 0.15) is 0 Å². The van der Waals surface area contributed by atoms with Crippen molar-refractivity contribution in [3.05, 3.63) is 28.2 Å². The zero-order valence-electron chi connectivity index (χ0n) is 12.1. The average Bonchev–Trinajstić information content (AvgIpc) is 2.27. The van der Waals surface area contributed by atoms with Crippen molar-refractivity contribution in [3.8, 4) is 0 Å². The first-order valence-corrected chi connectivity index (χ1v) is 10.3. The van der Waals surface area contributed by atoms with Crippen molar-refractivity contribution < 1.29 is 4.43 Å². The lowest BCUT2D eigenvalue weighted by Gasteiger charge is -2.36. The van der Waals surface area contributed by atoms with Gasteiger partial charge >= 0.3 is 0 Å². The van der Waals surface area contributed by atoms with Crippen LogP contribution in [0.1, 0.15) is 26.3 Å². The summed E-state index contributed by atoms with van der Waals surface area (Å²) in [5.41, 5.74) is 1.85. The Morgan fingerprint density at radius 3 is 2.53 bits per heavy atom. The third kappa shape index (κ3) is 4.33. The summed E-state index contributed by atoms with van der Waals surface area (Å²) in [4.78, 5) is 4.10. The van der Waals surface area contributed by atoms with Gasteiger partial charge in [0.2, 0.25) is 0 Å². The second-order valence-electron chi connectivity index (χ2n) is 5.99. The first-order chi connectivity index (χ1) is 8.69. The lowest BCUT2D eigenvalue weighted by Crippen LogP contribution is -2.40. The number of nitrogens with zero attached hydrogens (tertiary/aromatic N) is 1. The predicted octanol–water partition coefficient (Wildman–Crippen LogP) is 5.71. The van der Waals surface area contributed by atoms with Gasteiger partial charge in [0, 0.05) is 10.0 Å². The van der Waals surface area contributed by atoms with E-state index >= 15 is 0 Å². The van der Waals surface area contributed by atoms with Gasteiger partial charge in [-0.2, -0.15) is 4.99 Å². The first-order valence-electron chi connectivity index (χ1n) is 6.18. The standard InChI is InChI=1S/C14H20BrNOSSi/c1-14(2,3)19(4,5)17-9-11-12(15)7-6-8-13(11)16-10-18/h6-8H,9H2,1-5H3. The van der Waals surface area contributed by atoms with Crippen LogP contribution in [0.4, 0.5) is 5.69 Å². The number of halogens is 1. The van der Waals surface area contributed by atoms with Crippen LogP contribution in [0.15, 0.2) is 27.7 Å². The summed E-state index contributed by atoms with van der Waals surface area (Å²) in [7, 11) is -1.77. The highest BCUT2D eigenvalue weighted by Gasteiger charge is 2.37. The topological polar surface area (TPSA) is 21.6 Å². The molecule has 0 aliphatic rings. The monoisotopic (exact) mass is 357 g/mol. The van der Waals surface area contributed by atoms with Crippen LogP contribution >= 0.6 is 28.1 Å². The quantitative estimate of drug-likeness (QED) is 0.391. The van der Waals surface area contributed by atoms with Gasteiger partial charge in [-0.1, -0.05) is 42.8 Å². The Kier molecular flexibility index (Phi) is 5.65. The minimum absolute atomic E-state index is 0.196. The summed E-state index contributed by atoms with van der Waals surface area (Å²) >= 11 is 8.24. The summed E-state index contributed by atoms with van der Waals surface area (Å²) in [5, 5.41) is 2.62. The van der Waals surface area contributed by atoms with Crippen LogP contribution in [-0.2, 0) is 11.0 Å². The average molecular weight is 358 g/mol. The lowest BCUT2D eigenvalue weighted by atomic mass is 10.2. The molecule has 0 aliphatic carbocycles. The van der Waals surface area contributed by atoms with Crippen molar-refractivity contribution in [2.75, 3.05) is 0 Å². The number of isothiocyanates is 1. The smallest absolute Gasteiger partial charge is 0.192 e. The molecule has 0 spiro atoms. The molecule has 0 aromatic heterocycles. The van der Waals surface area contributed by atoms with E-state index in [9.17, 15) is 0 Å². The number of hydrogen-bond donors (Lipinski definition) is 0. The Bertz CT molecular complexity index is 505. The normalized spacial score (nSPS) is 12.1. The number of hydrogen-bond acceptors (Lipinski definition) is 3. The van der Waals surface area contributed by atoms with Crippen LogP contribution < -0.4 is 0 Å². The third-order valence-corrected chi connectivity index (χ3v) is 8.96. The maximum Gasteiger partial charge on any atom is 0.192 e. The summed E-state index contributed by atoms with van der Waals surface area (Å²) in [6.07, 6.45) is 0. The highest BCUT2D eigenvalue weighted by Crippen LogP contribution is 2.38. The van der Waals surface area contributed by atoms with E-state index in [-0.39, 0.29) is 5.04 Å². The molecule has 19 heavy (non-hydrogen) atoms. The first kappa shape index (κ1) is 16.7. The second-order valence-corrected chi connectivity index (χ2v) is 11.8. The lowest BCUT2D eigenvalue weighted by molar-refractivity contribution is 0.276. The Balaban J connectivity index is 2.98. The van der Waals surface area contributed by atoms with Gasteiger partial charge in [-0.05, 0) is 42.5 Å². The molecule has 0 aliphatic heterocycles. The minimum atomic E-state index is -1.77. The molecule has 1 rings (SSSR count). The van der Waals surface area contributed by atoms with Crippen molar-refractivity contribution in [2.24, 2.45) is 4.99 Å². The van der Waals surface area contributed by atoms with E-state index in [0.29, 0.717) is 6.61 Å². The number of thiocarbonyl (C=S) groups is 1. The molecule has 5 heteroatoms. The number of rotatable bonds is 4. The van der Waals surface area contributed by atoms with Gasteiger partial charge in [-0.25, -0.2) is 0 Å². The number of aliphatic imine (C=N–C) groups is 1. The highest BCUT2D eigenvalue weighted by molar-refractivity contribution is 9.10. The van der Waals surface area contributed by atoms with Crippen LogP contribution in [0.3, 0.4) is 0 Å². The summed E-state index contributed by atoms with van der Waals surface area (Å²) < 4.78 is 7.23. The Morgan fingerprint density at radius 2 is 2.00 bits per heavy atom. The van der Waals surface area contributed by atoms with E-state index in [2.05, 4.69) is 72.2 Å². The molecule has 0 saturated heterocycles. The Labute approximate surface area is 130 Å². The third-order valence-electron chi connectivity index (χ3n) is 3.64. The van der Waals surface area contributed by atoms with Crippen LogP contribution in [0.25, 0.3) is 0 Å². The molecular weight excluding hydrogens is 338 g/mol. The SMILES string of the molecule is CC(C)(C)[Si](C)(C)OCc1c(Br)cccc1N=C=S. The van der Waals surface area contributed by atoms with E-state index in [4.69, 9.17) is 4.43 Å². The van der Waals surface area contributed by atoms with E-state index in [1.54, 1.807) is 0 Å². The molecule has 0 heterocycles. The Morgan fingerprint density at radius 1 is 1.37 bits per heavy atom. The Hall–Kier alpha value is -0.323. The highest BCUT2D eigenvalue weighted by atomic mass is 79.9. The maximum absolute atomic E-state index is 6.23. The predicted molar refractivity (Wildman–Crippen MR) is 90.8 cm³/mol. The van der Waals surface area contributed by atoms with E-state index in [1.165, 1.54) is 0 Å². The molecule has 104 valence electrons. The van der Waals surface area contributed by atoms with Gasteiger partial charge in [0.15, 0.2) is 8.32 Å². The van der Waals surface area contributed by atoms with Gasteiger partial charge in [0.05, 0.1) is 17.5 Å². The largest absolute Gasteiger partial charge is 0.412 e. The molecule has 1 aromatic rings. The van der Waals surface area contributed by atoms with E-state index < -0.39 is 8.32 Å². The van der Waals surface area contributed by atoms with Crippen LogP contribution in [0.5, 0.6) is 0 Å². The molecule has 0 N–H and O–H groups in total. The van der Waals surface area contributed by atoms with Gasteiger partial charge in [0.25, 0.3) is 0 Å². The van der Waals surface area contributed by atoms with Crippen molar-refractivity contribution in [1.82, 2.24) is 0 Å². The maximum atomic E-state index is 6.23. The number of benzene rings is 1. The molecule has 0 bridgehead atoms. The summed E-state index contributed by atoms with van der Waals surface area (Å²) in [5.74, 6) is 0. The zero-order chi connectivity index (χ0) is 14.7. The van der Waals surface area contributed by atoms with Crippen LogP contribution in [0.2, 0.25) is 18.1 Å². The molecule has 2 nitrogen and oxygen atoms in total. The van der Waals surface area contributed by atoms with Crippen molar-refractivity contribution in [1.29, 1.82) is 0 Å². The van der Waals surface area contributed by atoms with E-state index in [0.717, 1.165) is 15.7 Å². The van der Waals surface area contributed by atoms with Crippen molar-refractivity contribution >= 4 is 47.3 Å². The van der Waals surface area contributed by atoms with Crippen LogP contribution in [0, 0.1) is 0 Å². The summed E-state index contributed by atoms with van der Waals surface area (Å²) in [6.45, 7) is 11.7. The van der Waals surface area contributed by atoms with Crippen molar-refractivity contribution in [2.45, 2.75) is 45.5 Å². The summed E-state index contributed by atoms with van der Waals surface area (Å²) in [6, 6.07) is 5.85. The van der Waals surface area contributed by atoms with Gasteiger partial charge in [-0.3, -0.25) is 0 Å². The molecule has 0 radical (unpaired) electrons. The molecular formula is C14H20BrNOSSi. The fraction of sp³-hybridized carbons (Fsp3) is 0.500. The molecule has 0 fully saturated rings. The van der Waals surface area contributed by atoms with Gasteiger partial charge in [-0.15, -0.1) is 0 Å². The van der Waals surface area contributed by atoms with Crippen molar-refractivity contribution in [3.63, 3.8) is 0 Å². The van der Waals surface area contributed by atoms with Gasteiger partial charge < -0.3 is 4.43 Å². The molecule has 0 amide bonds. The molecule has 0 atom stereocenters.